The maximum Gasteiger partial charge on any atom is 0.416 e. The van der Waals surface area contributed by atoms with Gasteiger partial charge in [-0.1, -0.05) is 49.4 Å². The van der Waals surface area contributed by atoms with E-state index in [1.165, 1.54) is 24.3 Å². The van der Waals surface area contributed by atoms with Gasteiger partial charge in [-0.15, -0.1) is 0 Å². The van der Waals surface area contributed by atoms with Gasteiger partial charge in [0.05, 0.1) is 25.4 Å². The van der Waals surface area contributed by atoms with Crippen molar-refractivity contribution in [1.82, 2.24) is 0 Å². The number of fused-ring (bicyclic) bond motifs is 1. The standard InChI is InChI=1S/C32H29F3N2O5/c1-31(17-41-18-31)19-42-23-14-10-21(11-15-23)24(20-8-12-22(13-9-20)32(33,34)35)4-2-7-29(39)36-26-5-3-6-27-25(26)16-28(38)30(40)37-27/h2-15,28,38H,16-19H2,1H3,(H,36,39)(H,37,40)/b7-2+,24-4-. The van der Waals surface area contributed by atoms with Crippen LogP contribution in [0.25, 0.3) is 5.57 Å². The molecule has 2 aliphatic rings. The van der Waals surface area contributed by atoms with Crippen LogP contribution in [0.4, 0.5) is 24.5 Å². The molecular weight excluding hydrogens is 549 g/mol. The maximum absolute atomic E-state index is 13.2. The van der Waals surface area contributed by atoms with Crippen LogP contribution in [0.5, 0.6) is 5.75 Å². The van der Waals surface area contributed by atoms with Gasteiger partial charge in [-0.05, 0) is 53.1 Å². The van der Waals surface area contributed by atoms with Crippen LogP contribution in [0, 0.1) is 5.41 Å². The van der Waals surface area contributed by atoms with Crippen molar-refractivity contribution in [1.29, 1.82) is 0 Å². The third kappa shape index (κ3) is 6.72. The highest BCUT2D eigenvalue weighted by molar-refractivity contribution is 6.03. The molecule has 0 radical (unpaired) electrons. The molecule has 3 aromatic rings. The molecule has 1 unspecified atom stereocenters. The minimum Gasteiger partial charge on any atom is -0.493 e. The molecule has 42 heavy (non-hydrogen) atoms. The van der Waals surface area contributed by atoms with E-state index >= 15 is 0 Å². The number of aliphatic hydroxyl groups excluding tert-OH is 1. The van der Waals surface area contributed by atoms with Crippen molar-refractivity contribution < 1.29 is 37.3 Å². The molecule has 3 aromatic carbocycles. The highest BCUT2D eigenvalue weighted by atomic mass is 19.4. The Morgan fingerprint density at radius 1 is 1.10 bits per heavy atom. The van der Waals surface area contributed by atoms with Crippen molar-refractivity contribution in [3.63, 3.8) is 0 Å². The summed E-state index contributed by atoms with van der Waals surface area (Å²) >= 11 is 0. The van der Waals surface area contributed by atoms with Crippen LogP contribution in [0.2, 0.25) is 0 Å². The van der Waals surface area contributed by atoms with Crippen molar-refractivity contribution in [2.45, 2.75) is 25.6 Å². The van der Waals surface area contributed by atoms with E-state index in [-0.39, 0.29) is 11.8 Å². The van der Waals surface area contributed by atoms with Gasteiger partial charge >= 0.3 is 6.18 Å². The number of aliphatic hydroxyl groups is 1. The highest BCUT2D eigenvalue weighted by Crippen LogP contribution is 2.33. The number of allylic oxidation sites excluding steroid dienone is 2. The molecule has 5 rings (SSSR count). The number of anilines is 2. The minimum atomic E-state index is -4.46. The van der Waals surface area contributed by atoms with Gasteiger partial charge < -0.3 is 25.2 Å². The van der Waals surface area contributed by atoms with E-state index in [4.69, 9.17) is 9.47 Å². The fourth-order valence-corrected chi connectivity index (χ4v) is 4.67. The lowest BCUT2D eigenvalue weighted by molar-refractivity contribution is -0.137. The average molecular weight is 579 g/mol. The molecule has 2 amide bonds. The predicted molar refractivity (Wildman–Crippen MR) is 152 cm³/mol. The minimum absolute atomic E-state index is 0.0257. The Labute approximate surface area is 240 Å². The molecular formula is C32H29F3N2O5. The first kappa shape index (κ1) is 29.1. The van der Waals surface area contributed by atoms with E-state index in [0.29, 0.717) is 59.2 Å². The normalized spacial score (nSPS) is 18.2. The van der Waals surface area contributed by atoms with E-state index < -0.39 is 29.7 Å². The van der Waals surface area contributed by atoms with E-state index in [2.05, 4.69) is 17.6 Å². The van der Waals surface area contributed by atoms with Gasteiger partial charge in [0.1, 0.15) is 11.9 Å². The van der Waals surface area contributed by atoms with Gasteiger partial charge in [0.2, 0.25) is 5.91 Å². The van der Waals surface area contributed by atoms with Gasteiger partial charge in [-0.3, -0.25) is 9.59 Å². The second-order valence-electron chi connectivity index (χ2n) is 10.7. The molecule has 0 spiro atoms. The average Bonchev–Trinajstić information content (AvgIpc) is 2.94. The number of hydrogen-bond acceptors (Lipinski definition) is 5. The van der Waals surface area contributed by atoms with Crippen LogP contribution >= 0.6 is 0 Å². The molecule has 1 fully saturated rings. The Hall–Kier alpha value is -4.41. The summed E-state index contributed by atoms with van der Waals surface area (Å²) in [6.45, 7) is 3.85. The zero-order chi connectivity index (χ0) is 29.9. The Bertz CT molecular complexity index is 1530. The number of carbonyl (C=O) groups is 2. The van der Waals surface area contributed by atoms with E-state index in [0.717, 1.165) is 12.1 Å². The molecule has 0 aliphatic carbocycles. The fourth-order valence-electron chi connectivity index (χ4n) is 4.67. The third-order valence-corrected chi connectivity index (χ3v) is 7.08. The Morgan fingerprint density at radius 3 is 2.38 bits per heavy atom. The number of nitrogens with one attached hydrogen (secondary N) is 2. The van der Waals surface area contributed by atoms with E-state index in [1.54, 1.807) is 36.4 Å². The molecule has 0 saturated carbocycles. The number of ether oxygens (including phenoxy) is 2. The van der Waals surface area contributed by atoms with E-state index in [9.17, 15) is 27.9 Å². The number of halogens is 3. The molecule has 10 heteroatoms. The van der Waals surface area contributed by atoms with Crippen LogP contribution < -0.4 is 15.4 Å². The van der Waals surface area contributed by atoms with Crippen molar-refractivity contribution in [2.24, 2.45) is 5.41 Å². The predicted octanol–water partition coefficient (Wildman–Crippen LogP) is 5.60. The number of hydrogen-bond donors (Lipinski definition) is 3. The van der Waals surface area contributed by atoms with Crippen LogP contribution in [-0.4, -0.2) is 42.8 Å². The Morgan fingerprint density at radius 2 is 1.76 bits per heavy atom. The molecule has 7 nitrogen and oxygen atoms in total. The van der Waals surface area contributed by atoms with Crippen LogP contribution in [0.1, 0.15) is 29.2 Å². The highest BCUT2D eigenvalue weighted by Gasteiger charge is 2.34. The second-order valence-corrected chi connectivity index (χ2v) is 10.7. The monoisotopic (exact) mass is 578 g/mol. The molecule has 1 atom stereocenters. The smallest absolute Gasteiger partial charge is 0.416 e. The van der Waals surface area contributed by atoms with Gasteiger partial charge in [-0.25, -0.2) is 0 Å². The van der Waals surface area contributed by atoms with Gasteiger partial charge in [0, 0.05) is 34.9 Å². The van der Waals surface area contributed by atoms with Gasteiger partial charge in [0.15, 0.2) is 0 Å². The van der Waals surface area contributed by atoms with Crippen LogP contribution in [-0.2, 0) is 26.9 Å². The molecule has 0 bridgehead atoms. The summed E-state index contributed by atoms with van der Waals surface area (Å²) < 4.78 is 50.6. The summed E-state index contributed by atoms with van der Waals surface area (Å²) in [6.07, 6.45) is -1.17. The fraction of sp³-hybridized carbons (Fsp3) is 0.250. The van der Waals surface area contributed by atoms with E-state index in [1.807, 2.05) is 12.1 Å². The molecule has 2 heterocycles. The third-order valence-electron chi connectivity index (χ3n) is 7.08. The summed E-state index contributed by atoms with van der Waals surface area (Å²) in [5.74, 6) is -0.315. The number of amides is 2. The zero-order valence-corrected chi connectivity index (χ0v) is 22.7. The van der Waals surface area contributed by atoms with Crippen LogP contribution in [0.15, 0.2) is 85.0 Å². The lowest BCUT2D eigenvalue weighted by atomic mass is 9.90. The quantitative estimate of drug-likeness (QED) is 0.239. The molecule has 1 saturated heterocycles. The van der Waals surface area contributed by atoms with Crippen molar-refractivity contribution in [2.75, 3.05) is 30.5 Å². The second kappa shape index (κ2) is 11.8. The summed E-state index contributed by atoms with van der Waals surface area (Å²) in [4.78, 5) is 24.5. The first-order chi connectivity index (χ1) is 20.0. The lowest BCUT2D eigenvalue weighted by Crippen LogP contribution is -2.44. The first-order valence-electron chi connectivity index (χ1n) is 13.3. The largest absolute Gasteiger partial charge is 0.493 e. The number of alkyl halides is 3. The summed E-state index contributed by atoms with van der Waals surface area (Å²) in [7, 11) is 0. The van der Waals surface area contributed by atoms with Gasteiger partial charge in [0.25, 0.3) is 5.91 Å². The molecule has 2 aliphatic heterocycles. The van der Waals surface area contributed by atoms with Crippen molar-refractivity contribution in [3.05, 3.63) is 107 Å². The lowest BCUT2D eigenvalue weighted by Gasteiger charge is -2.37. The van der Waals surface area contributed by atoms with Crippen LogP contribution in [0.3, 0.4) is 0 Å². The van der Waals surface area contributed by atoms with Crippen molar-refractivity contribution in [3.8, 4) is 5.75 Å². The summed E-state index contributed by atoms with van der Waals surface area (Å²) in [5.41, 5.74) is 2.63. The topological polar surface area (TPSA) is 96.9 Å². The molecule has 3 N–H and O–H groups in total. The van der Waals surface area contributed by atoms with Crippen molar-refractivity contribution >= 4 is 28.8 Å². The first-order valence-corrected chi connectivity index (χ1v) is 13.3. The summed E-state index contributed by atoms with van der Waals surface area (Å²) in [5, 5.41) is 15.3. The zero-order valence-electron chi connectivity index (χ0n) is 22.7. The molecule has 0 aromatic heterocycles. The molecule has 218 valence electrons. The Balaban J connectivity index is 1.36. The number of rotatable bonds is 8. The SMILES string of the molecule is CC1(COc2ccc(/C(=C\C=C\C(=O)Nc3cccc4c3CC(O)C(=O)N4)c3ccc(C(F)(F)F)cc3)cc2)COC1. The number of benzene rings is 3. The summed E-state index contributed by atoms with van der Waals surface area (Å²) in [6, 6.07) is 17.0. The Kier molecular flexibility index (Phi) is 8.20. The van der Waals surface area contributed by atoms with Gasteiger partial charge in [-0.2, -0.15) is 13.2 Å². The maximum atomic E-state index is 13.2. The number of carbonyl (C=O) groups excluding carboxylic acids is 2.